The fourth-order valence-corrected chi connectivity index (χ4v) is 4.17. The van der Waals surface area contributed by atoms with Gasteiger partial charge in [0, 0.05) is 17.0 Å². The monoisotopic (exact) mass is 401 g/mol. The lowest BCUT2D eigenvalue weighted by Gasteiger charge is -2.13. The Morgan fingerprint density at radius 3 is 2.77 bits per heavy atom. The highest BCUT2D eigenvalue weighted by atomic mass is 16.5. The lowest BCUT2D eigenvalue weighted by Crippen LogP contribution is -2.15. The van der Waals surface area contributed by atoms with Crippen LogP contribution in [-0.4, -0.2) is 31.1 Å². The van der Waals surface area contributed by atoms with E-state index in [2.05, 4.69) is 26.9 Å². The van der Waals surface area contributed by atoms with Crippen LogP contribution in [-0.2, 0) is 5.41 Å². The maximum Gasteiger partial charge on any atom is 0.332 e. The molecular formula is C22H19N5O3. The second-order valence-electron chi connectivity index (χ2n) is 8.03. The highest BCUT2D eigenvalue weighted by Crippen LogP contribution is 2.59. The lowest BCUT2D eigenvalue weighted by atomic mass is 9.95. The molecule has 0 amide bonds. The Morgan fingerprint density at radius 2 is 2.00 bits per heavy atom. The standard InChI is InChI=1S/C22H19N5O3/c1-12-3-5-16(18-19(12)29-11-22(18)7-8-22)30-17-6-4-14(9-24-17)27-20-15(26-21(27)28)10-23-13(2)25-20/h3-6,9-10H,7-8,11H2,1-2H3,(H,26,28). The molecule has 6 rings (SSSR count). The van der Waals surface area contributed by atoms with Crippen LogP contribution in [0.5, 0.6) is 17.4 Å². The molecule has 1 aliphatic carbocycles. The first-order chi connectivity index (χ1) is 14.5. The number of aromatic nitrogens is 5. The molecule has 0 saturated heterocycles. The molecule has 4 aromatic rings. The number of aryl methyl sites for hydroxylation is 2. The van der Waals surface area contributed by atoms with E-state index in [4.69, 9.17) is 9.47 Å². The minimum atomic E-state index is -0.287. The molecule has 4 heterocycles. The third kappa shape index (κ3) is 2.46. The molecule has 150 valence electrons. The number of hydrogen-bond donors (Lipinski definition) is 1. The van der Waals surface area contributed by atoms with Gasteiger partial charge in [-0.05, 0) is 44.4 Å². The van der Waals surface area contributed by atoms with Gasteiger partial charge >= 0.3 is 5.69 Å². The lowest BCUT2D eigenvalue weighted by molar-refractivity contribution is 0.322. The number of H-pyrrole nitrogens is 1. The summed E-state index contributed by atoms with van der Waals surface area (Å²) in [5, 5.41) is 0. The molecule has 1 aromatic carbocycles. The molecule has 1 aliphatic heterocycles. The van der Waals surface area contributed by atoms with Crippen LogP contribution in [0.1, 0.15) is 29.8 Å². The second-order valence-corrected chi connectivity index (χ2v) is 8.03. The van der Waals surface area contributed by atoms with E-state index in [0.717, 1.165) is 42.1 Å². The molecule has 0 atom stereocenters. The molecule has 0 unspecified atom stereocenters. The molecule has 3 aromatic heterocycles. The van der Waals surface area contributed by atoms with Gasteiger partial charge in [-0.25, -0.2) is 24.3 Å². The number of benzene rings is 1. The summed E-state index contributed by atoms with van der Waals surface area (Å²) in [6.45, 7) is 4.56. The summed E-state index contributed by atoms with van der Waals surface area (Å²) in [6, 6.07) is 7.56. The van der Waals surface area contributed by atoms with Gasteiger partial charge in [-0.3, -0.25) is 0 Å². The zero-order chi connectivity index (χ0) is 20.5. The predicted molar refractivity (Wildman–Crippen MR) is 110 cm³/mol. The molecule has 2 aliphatic rings. The predicted octanol–water partition coefficient (Wildman–Crippen LogP) is 3.34. The normalized spacial score (nSPS) is 15.9. The van der Waals surface area contributed by atoms with Gasteiger partial charge in [0.2, 0.25) is 5.88 Å². The van der Waals surface area contributed by atoms with Crippen LogP contribution in [0.2, 0.25) is 0 Å². The van der Waals surface area contributed by atoms with Gasteiger partial charge in [0.05, 0.1) is 24.7 Å². The van der Waals surface area contributed by atoms with Crippen LogP contribution in [0.25, 0.3) is 16.9 Å². The summed E-state index contributed by atoms with van der Waals surface area (Å²) in [7, 11) is 0. The van der Waals surface area contributed by atoms with Gasteiger partial charge in [0.25, 0.3) is 0 Å². The zero-order valence-electron chi connectivity index (χ0n) is 16.6. The quantitative estimate of drug-likeness (QED) is 0.566. The van der Waals surface area contributed by atoms with E-state index in [1.807, 2.05) is 12.1 Å². The topological polar surface area (TPSA) is 94.9 Å². The first-order valence-electron chi connectivity index (χ1n) is 9.90. The van der Waals surface area contributed by atoms with Gasteiger partial charge in [0.15, 0.2) is 5.65 Å². The van der Waals surface area contributed by atoms with Crippen molar-refractivity contribution < 1.29 is 9.47 Å². The van der Waals surface area contributed by atoms with Crippen LogP contribution in [0.15, 0.2) is 41.5 Å². The van der Waals surface area contributed by atoms with Gasteiger partial charge in [-0.2, -0.15) is 0 Å². The maximum atomic E-state index is 12.4. The van der Waals surface area contributed by atoms with Crippen molar-refractivity contribution in [1.29, 1.82) is 0 Å². The number of nitrogens with one attached hydrogen (secondary N) is 1. The largest absolute Gasteiger partial charge is 0.492 e. The average molecular weight is 401 g/mol. The minimum absolute atomic E-state index is 0.103. The average Bonchev–Trinajstić information content (AvgIpc) is 3.30. The molecule has 1 saturated carbocycles. The van der Waals surface area contributed by atoms with Gasteiger partial charge in [0.1, 0.15) is 22.8 Å². The van der Waals surface area contributed by atoms with Crippen LogP contribution < -0.4 is 15.2 Å². The Morgan fingerprint density at radius 1 is 1.13 bits per heavy atom. The minimum Gasteiger partial charge on any atom is -0.492 e. The highest BCUT2D eigenvalue weighted by molar-refractivity contribution is 5.71. The summed E-state index contributed by atoms with van der Waals surface area (Å²) >= 11 is 0. The van der Waals surface area contributed by atoms with Crippen LogP contribution >= 0.6 is 0 Å². The van der Waals surface area contributed by atoms with Crippen molar-refractivity contribution in [3.63, 3.8) is 0 Å². The van der Waals surface area contributed by atoms with Crippen LogP contribution in [0.4, 0.5) is 0 Å². The number of imidazole rings is 1. The summed E-state index contributed by atoms with van der Waals surface area (Å²) in [6.07, 6.45) is 5.46. The van der Waals surface area contributed by atoms with E-state index in [1.54, 1.807) is 31.5 Å². The maximum absolute atomic E-state index is 12.4. The third-order valence-corrected chi connectivity index (χ3v) is 5.93. The molecule has 0 bridgehead atoms. The first kappa shape index (κ1) is 17.2. The Balaban J connectivity index is 1.36. The van der Waals surface area contributed by atoms with E-state index in [1.165, 1.54) is 4.57 Å². The number of fused-ring (bicyclic) bond motifs is 3. The summed E-state index contributed by atoms with van der Waals surface area (Å²) in [4.78, 5) is 28.1. The highest BCUT2D eigenvalue weighted by Gasteiger charge is 2.53. The second kappa shape index (κ2) is 5.91. The number of hydrogen-bond acceptors (Lipinski definition) is 6. The fraction of sp³-hybridized carbons (Fsp3) is 0.273. The van der Waals surface area contributed by atoms with Crippen molar-refractivity contribution in [2.24, 2.45) is 0 Å². The summed E-state index contributed by atoms with van der Waals surface area (Å²) in [5.74, 6) is 2.79. The first-order valence-corrected chi connectivity index (χ1v) is 9.90. The Bertz CT molecular complexity index is 1370. The fourth-order valence-electron chi connectivity index (χ4n) is 4.17. The molecule has 1 spiro atoms. The number of nitrogens with zero attached hydrogens (tertiary/aromatic N) is 4. The number of rotatable bonds is 3. The molecule has 0 radical (unpaired) electrons. The number of pyridine rings is 1. The van der Waals surface area contributed by atoms with E-state index < -0.39 is 0 Å². The smallest absolute Gasteiger partial charge is 0.332 e. The molecule has 8 nitrogen and oxygen atoms in total. The van der Waals surface area contributed by atoms with E-state index in [9.17, 15) is 4.79 Å². The molecular weight excluding hydrogens is 382 g/mol. The van der Waals surface area contributed by atoms with Crippen molar-refractivity contribution >= 4 is 11.2 Å². The van der Waals surface area contributed by atoms with E-state index in [-0.39, 0.29) is 11.1 Å². The Kier molecular flexibility index (Phi) is 3.39. The molecule has 1 N–H and O–H groups in total. The molecule has 30 heavy (non-hydrogen) atoms. The van der Waals surface area contributed by atoms with Gasteiger partial charge in [-0.15, -0.1) is 0 Å². The van der Waals surface area contributed by atoms with Crippen LogP contribution in [0.3, 0.4) is 0 Å². The number of ether oxygens (including phenoxy) is 2. The van der Waals surface area contributed by atoms with Gasteiger partial charge < -0.3 is 14.5 Å². The Hall–Kier alpha value is -3.68. The van der Waals surface area contributed by atoms with Crippen LogP contribution in [0, 0.1) is 13.8 Å². The molecule has 1 fully saturated rings. The van der Waals surface area contributed by atoms with Crippen molar-refractivity contribution in [3.8, 4) is 23.1 Å². The summed E-state index contributed by atoms with van der Waals surface area (Å²) < 4.78 is 13.6. The van der Waals surface area contributed by atoms with Gasteiger partial charge in [-0.1, -0.05) is 6.07 Å². The Labute approximate surface area is 171 Å². The van der Waals surface area contributed by atoms with Crippen molar-refractivity contribution in [2.75, 3.05) is 6.61 Å². The van der Waals surface area contributed by atoms with Crippen molar-refractivity contribution in [1.82, 2.24) is 24.5 Å². The SMILES string of the molecule is Cc1ncc2[nH]c(=O)n(-c3ccc(Oc4ccc(C)c5c4C4(CC4)CO5)nc3)c2n1. The van der Waals surface area contributed by atoms with E-state index in [0.29, 0.717) is 28.6 Å². The molecule has 8 heteroatoms. The third-order valence-electron chi connectivity index (χ3n) is 5.93. The van der Waals surface area contributed by atoms with Crippen molar-refractivity contribution in [3.05, 3.63) is 64.1 Å². The zero-order valence-corrected chi connectivity index (χ0v) is 16.6. The summed E-state index contributed by atoms with van der Waals surface area (Å²) in [5.41, 5.74) is 3.81. The van der Waals surface area contributed by atoms with E-state index >= 15 is 0 Å². The van der Waals surface area contributed by atoms with Crippen molar-refractivity contribution in [2.45, 2.75) is 32.1 Å². The number of aromatic amines is 1.